The molecule has 0 bridgehead atoms. The van der Waals surface area contributed by atoms with Gasteiger partial charge >= 0.3 is 0 Å². The van der Waals surface area contributed by atoms with Gasteiger partial charge in [0.15, 0.2) is 0 Å². The van der Waals surface area contributed by atoms with Crippen molar-refractivity contribution >= 4 is 23.8 Å². The highest BCUT2D eigenvalue weighted by Crippen LogP contribution is 2.29. The first-order valence-electron chi connectivity index (χ1n) is 11.1. The third-order valence-corrected chi connectivity index (χ3v) is 6.27. The Balaban J connectivity index is 1.58. The second kappa shape index (κ2) is 10.9. The fourth-order valence-corrected chi connectivity index (χ4v) is 4.50. The number of benzene rings is 1. The Hall–Kier alpha value is -3.01. The Labute approximate surface area is 185 Å². The molecule has 162 valence electrons. The van der Waals surface area contributed by atoms with E-state index in [1.54, 1.807) is 6.20 Å². The van der Waals surface area contributed by atoms with Crippen LogP contribution in [0, 0.1) is 11.8 Å². The summed E-state index contributed by atoms with van der Waals surface area (Å²) in [5.74, 6) is 0.930. The summed E-state index contributed by atoms with van der Waals surface area (Å²) in [5.41, 5.74) is 1.77. The van der Waals surface area contributed by atoms with Gasteiger partial charge in [0.2, 0.25) is 0 Å². The van der Waals surface area contributed by atoms with Crippen LogP contribution in [0.3, 0.4) is 0 Å². The van der Waals surface area contributed by atoms with Crippen LogP contribution in [-0.4, -0.2) is 34.7 Å². The lowest BCUT2D eigenvalue weighted by atomic mass is 9.81. The number of pyridine rings is 1. The lowest BCUT2D eigenvalue weighted by Gasteiger charge is -2.37. The number of likely N-dealkylation sites (tertiary alicyclic amines) is 1. The number of carbonyl (C=O) groups excluding carboxylic acids is 2. The van der Waals surface area contributed by atoms with Crippen molar-refractivity contribution in [3.63, 3.8) is 0 Å². The molecule has 1 saturated heterocycles. The number of piperidine rings is 1. The van der Waals surface area contributed by atoms with E-state index >= 15 is 0 Å². The highest BCUT2D eigenvalue weighted by Gasteiger charge is 2.30. The van der Waals surface area contributed by atoms with E-state index in [0.717, 1.165) is 41.1 Å². The molecule has 1 aliphatic heterocycles. The van der Waals surface area contributed by atoms with Gasteiger partial charge in [-0.3, -0.25) is 14.6 Å². The lowest BCUT2D eigenvalue weighted by molar-refractivity contribution is -0.118. The minimum atomic E-state index is 0.0755. The first kappa shape index (κ1) is 22.7. The molecular weight excluding hydrogens is 384 g/mol. The number of ketones is 1. The van der Waals surface area contributed by atoms with Crippen LogP contribution in [0.5, 0.6) is 0 Å². The molecule has 1 aliphatic rings. The number of hydrogen-bond donors (Lipinski definition) is 0. The van der Waals surface area contributed by atoms with E-state index in [9.17, 15) is 9.59 Å². The fourth-order valence-electron chi connectivity index (χ4n) is 4.50. The summed E-state index contributed by atoms with van der Waals surface area (Å²) in [6.07, 6.45) is 10.5. The molecule has 4 heteroatoms. The Kier molecular flexibility index (Phi) is 7.94. The van der Waals surface area contributed by atoms with Crippen molar-refractivity contribution in [3.8, 4) is 0 Å². The monoisotopic (exact) mass is 416 g/mol. The third-order valence-electron chi connectivity index (χ3n) is 6.27. The number of carbonyl (C=O) groups is 2. The highest BCUT2D eigenvalue weighted by atomic mass is 16.2. The van der Waals surface area contributed by atoms with E-state index in [1.165, 1.54) is 0 Å². The average Bonchev–Trinajstić information content (AvgIpc) is 2.82. The van der Waals surface area contributed by atoms with Crippen molar-refractivity contribution < 1.29 is 9.59 Å². The van der Waals surface area contributed by atoms with E-state index in [1.807, 2.05) is 73.4 Å². The van der Waals surface area contributed by atoms with Gasteiger partial charge in [-0.05, 0) is 67.5 Å². The normalized spacial score (nSPS) is 20.0. The van der Waals surface area contributed by atoms with Crippen LogP contribution in [0.25, 0.3) is 12.2 Å². The van der Waals surface area contributed by atoms with Gasteiger partial charge in [0.1, 0.15) is 5.78 Å². The minimum Gasteiger partial charge on any atom is -0.338 e. The number of nitrogens with zero attached hydrogens (tertiary/aromatic N) is 2. The summed E-state index contributed by atoms with van der Waals surface area (Å²) >= 11 is 0. The zero-order valence-electron chi connectivity index (χ0n) is 18.6. The molecule has 1 fully saturated rings. The molecule has 0 saturated carbocycles. The fraction of sp³-hybridized carbons (Fsp3) is 0.370. The molecular formula is C27H32N2O2. The van der Waals surface area contributed by atoms with Crippen LogP contribution >= 0.6 is 0 Å². The largest absolute Gasteiger partial charge is 0.338 e. The average molecular weight is 417 g/mol. The predicted octanol–water partition coefficient (Wildman–Crippen LogP) is 3.54. The Bertz CT molecular complexity index is 1040. The molecule has 3 rings (SSSR count). The van der Waals surface area contributed by atoms with E-state index < -0.39 is 0 Å². The van der Waals surface area contributed by atoms with Crippen LogP contribution in [-0.2, 0) is 11.2 Å². The molecule has 2 aromatic rings. The molecule has 0 aliphatic carbocycles. The summed E-state index contributed by atoms with van der Waals surface area (Å²) in [4.78, 5) is 31.8. The van der Waals surface area contributed by atoms with E-state index in [-0.39, 0.29) is 17.6 Å². The number of rotatable bonds is 7. The molecule has 1 aromatic heterocycles. The van der Waals surface area contributed by atoms with Gasteiger partial charge in [-0.25, -0.2) is 0 Å². The van der Waals surface area contributed by atoms with Crippen molar-refractivity contribution in [1.82, 2.24) is 9.88 Å². The second-order valence-electron chi connectivity index (χ2n) is 8.17. The quantitative estimate of drug-likeness (QED) is 0.649. The summed E-state index contributed by atoms with van der Waals surface area (Å²) in [7, 11) is 0. The van der Waals surface area contributed by atoms with Crippen molar-refractivity contribution in [1.29, 1.82) is 0 Å². The number of aromatic nitrogens is 1. The van der Waals surface area contributed by atoms with Gasteiger partial charge < -0.3 is 4.90 Å². The SMILES string of the molecule is C=CC1CN(C(=O)c2ccccc2)CCC1CCC(=O)Cc1ccnc(=C/C)/c1=C\C. The van der Waals surface area contributed by atoms with Gasteiger partial charge in [0.05, 0.1) is 5.35 Å². The molecule has 2 unspecified atom stereocenters. The third kappa shape index (κ3) is 5.57. The molecule has 1 aromatic carbocycles. The number of Topliss-reactive ketones (excluding diaryl/α,β-unsaturated/α-hetero) is 1. The highest BCUT2D eigenvalue weighted by molar-refractivity contribution is 5.94. The Morgan fingerprint density at radius 3 is 2.61 bits per heavy atom. The smallest absolute Gasteiger partial charge is 0.253 e. The topological polar surface area (TPSA) is 50.3 Å². The number of amides is 1. The van der Waals surface area contributed by atoms with Gasteiger partial charge in [-0.2, -0.15) is 0 Å². The Morgan fingerprint density at radius 2 is 1.94 bits per heavy atom. The van der Waals surface area contributed by atoms with E-state index in [4.69, 9.17) is 0 Å². The maximum absolute atomic E-state index is 12.8. The summed E-state index contributed by atoms with van der Waals surface area (Å²) < 4.78 is 0. The molecule has 2 heterocycles. The zero-order chi connectivity index (χ0) is 22.2. The Morgan fingerprint density at radius 1 is 1.16 bits per heavy atom. The minimum absolute atomic E-state index is 0.0755. The summed E-state index contributed by atoms with van der Waals surface area (Å²) in [6, 6.07) is 11.4. The first-order chi connectivity index (χ1) is 15.1. The van der Waals surface area contributed by atoms with Gasteiger partial charge in [-0.1, -0.05) is 36.4 Å². The van der Waals surface area contributed by atoms with Crippen molar-refractivity contribution in [2.75, 3.05) is 13.1 Å². The summed E-state index contributed by atoms with van der Waals surface area (Å²) in [5, 5.41) is 1.98. The number of hydrogen-bond acceptors (Lipinski definition) is 3. The van der Waals surface area contributed by atoms with Crippen LogP contribution in [0.1, 0.15) is 49.0 Å². The van der Waals surface area contributed by atoms with Crippen LogP contribution < -0.4 is 10.6 Å². The lowest BCUT2D eigenvalue weighted by Crippen LogP contribution is -2.43. The van der Waals surface area contributed by atoms with Crippen molar-refractivity contribution in [3.05, 3.63) is 76.9 Å². The molecule has 2 atom stereocenters. The van der Waals surface area contributed by atoms with Crippen LogP contribution in [0.4, 0.5) is 0 Å². The van der Waals surface area contributed by atoms with Crippen LogP contribution in [0.15, 0.2) is 55.3 Å². The molecule has 4 nitrogen and oxygen atoms in total. The van der Waals surface area contributed by atoms with Gasteiger partial charge in [0.25, 0.3) is 5.91 Å². The molecule has 0 radical (unpaired) electrons. The zero-order valence-corrected chi connectivity index (χ0v) is 18.6. The predicted molar refractivity (Wildman–Crippen MR) is 126 cm³/mol. The van der Waals surface area contributed by atoms with E-state index in [0.29, 0.717) is 25.3 Å². The van der Waals surface area contributed by atoms with Crippen LogP contribution in [0.2, 0.25) is 0 Å². The van der Waals surface area contributed by atoms with Crippen molar-refractivity contribution in [2.45, 2.75) is 39.5 Å². The first-order valence-corrected chi connectivity index (χ1v) is 11.1. The molecule has 1 amide bonds. The molecule has 0 spiro atoms. The van der Waals surface area contributed by atoms with Gasteiger partial charge in [-0.15, -0.1) is 6.58 Å². The van der Waals surface area contributed by atoms with Gasteiger partial charge in [0, 0.05) is 37.7 Å². The van der Waals surface area contributed by atoms with Crippen molar-refractivity contribution in [2.24, 2.45) is 11.8 Å². The van der Waals surface area contributed by atoms with E-state index in [2.05, 4.69) is 11.6 Å². The molecule has 0 N–H and O–H groups in total. The second-order valence-corrected chi connectivity index (χ2v) is 8.17. The summed E-state index contributed by atoms with van der Waals surface area (Å²) in [6.45, 7) is 9.35. The molecule has 31 heavy (non-hydrogen) atoms. The maximum Gasteiger partial charge on any atom is 0.253 e. The maximum atomic E-state index is 12.8. The standard InChI is InChI=1S/C27H32N2O2/c1-4-20-19-29(27(31)22-10-8-7-9-11-22)17-15-21(20)12-13-24(30)18-23-14-16-28-26(6-3)25(23)5-2/h4-11,14,16,20-21H,1,12-13,15,17-19H2,2-3H3/b25-5-,26-6+.